The van der Waals surface area contributed by atoms with Gasteiger partial charge in [-0.1, -0.05) is 0 Å². The van der Waals surface area contributed by atoms with Crippen molar-refractivity contribution in [3.63, 3.8) is 0 Å². The summed E-state index contributed by atoms with van der Waals surface area (Å²) in [4.78, 5) is 10.9. The van der Waals surface area contributed by atoms with Gasteiger partial charge in [-0.3, -0.25) is 4.79 Å². The van der Waals surface area contributed by atoms with Gasteiger partial charge in [0.25, 0.3) is 0 Å². The Hall–Kier alpha value is -1.78. The largest absolute Gasteiger partial charge is 0.508 e. The minimum atomic E-state index is -1.14. The Morgan fingerprint density at radius 2 is 1.87 bits per heavy atom. The standard InChI is InChI=1S/C10H9FO4/c11-6-4-7(12)5(3-8(6)13)10(1-2-10)9(14)15/h3-4,12-13H,1-2H2,(H,14,15). The number of aromatic hydroxyl groups is 2. The van der Waals surface area contributed by atoms with Gasteiger partial charge in [-0.15, -0.1) is 0 Å². The number of carboxylic acid groups (broad SMARTS) is 1. The molecule has 5 heteroatoms. The number of carboxylic acids is 1. The number of rotatable bonds is 2. The van der Waals surface area contributed by atoms with Crippen LogP contribution >= 0.6 is 0 Å². The summed E-state index contributed by atoms with van der Waals surface area (Å²) in [5.41, 5.74) is -1.07. The molecule has 15 heavy (non-hydrogen) atoms. The maximum absolute atomic E-state index is 12.8. The predicted octanol–water partition coefficient (Wildman–Crippen LogP) is 1.35. The average molecular weight is 212 g/mol. The van der Waals surface area contributed by atoms with Crippen molar-refractivity contribution in [1.29, 1.82) is 0 Å². The Bertz CT molecular complexity index is 437. The number of phenolic OH excluding ortho intramolecular Hbond substituents is 2. The number of aliphatic carboxylic acids is 1. The molecule has 0 amide bonds. The first-order chi connectivity index (χ1) is 6.97. The van der Waals surface area contributed by atoms with E-state index in [0.29, 0.717) is 12.8 Å². The summed E-state index contributed by atoms with van der Waals surface area (Å²) in [5.74, 6) is -3.10. The molecule has 2 rings (SSSR count). The summed E-state index contributed by atoms with van der Waals surface area (Å²) >= 11 is 0. The summed E-state index contributed by atoms with van der Waals surface area (Å²) in [5, 5.41) is 27.5. The van der Waals surface area contributed by atoms with Crippen LogP contribution in [0.4, 0.5) is 4.39 Å². The first kappa shape index (κ1) is 9.76. The van der Waals surface area contributed by atoms with Gasteiger partial charge in [-0.25, -0.2) is 4.39 Å². The second-order valence-corrected chi connectivity index (χ2v) is 3.71. The first-order valence-electron chi connectivity index (χ1n) is 4.43. The van der Waals surface area contributed by atoms with Crippen molar-refractivity contribution >= 4 is 5.97 Å². The van der Waals surface area contributed by atoms with Crippen LogP contribution in [0.5, 0.6) is 11.5 Å². The van der Waals surface area contributed by atoms with E-state index in [1.54, 1.807) is 0 Å². The van der Waals surface area contributed by atoms with Gasteiger partial charge in [0.05, 0.1) is 5.41 Å². The molecule has 0 aromatic heterocycles. The molecule has 4 nitrogen and oxygen atoms in total. The molecule has 0 aliphatic heterocycles. The van der Waals surface area contributed by atoms with E-state index in [-0.39, 0.29) is 5.56 Å². The van der Waals surface area contributed by atoms with Crippen molar-refractivity contribution in [3.8, 4) is 11.5 Å². The number of benzene rings is 1. The molecule has 0 saturated heterocycles. The van der Waals surface area contributed by atoms with Crippen LogP contribution in [-0.4, -0.2) is 21.3 Å². The van der Waals surface area contributed by atoms with E-state index in [9.17, 15) is 14.3 Å². The summed E-state index contributed by atoms with van der Waals surface area (Å²) in [6, 6.07) is 1.71. The third-order valence-corrected chi connectivity index (χ3v) is 2.74. The molecule has 1 aromatic rings. The van der Waals surface area contributed by atoms with Crippen LogP contribution in [0.1, 0.15) is 18.4 Å². The minimum Gasteiger partial charge on any atom is -0.508 e. The number of carbonyl (C=O) groups is 1. The van der Waals surface area contributed by atoms with Crippen LogP contribution in [0.3, 0.4) is 0 Å². The molecule has 1 fully saturated rings. The molecular weight excluding hydrogens is 203 g/mol. The summed E-state index contributed by atoms with van der Waals surface area (Å²) in [6.07, 6.45) is 0.780. The van der Waals surface area contributed by atoms with E-state index in [2.05, 4.69) is 0 Å². The Morgan fingerprint density at radius 3 is 2.33 bits per heavy atom. The average Bonchev–Trinajstić information content (AvgIpc) is 2.92. The molecule has 1 aliphatic rings. The lowest BCUT2D eigenvalue weighted by atomic mass is 9.95. The van der Waals surface area contributed by atoms with Crippen LogP contribution in [0.25, 0.3) is 0 Å². The Balaban J connectivity index is 2.54. The van der Waals surface area contributed by atoms with E-state index in [1.807, 2.05) is 0 Å². The molecule has 3 N–H and O–H groups in total. The zero-order chi connectivity index (χ0) is 11.2. The lowest BCUT2D eigenvalue weighted by Crippen LogP contribution is -2.19. The number of hydrogen-bond acceptors (Lipinski definition) is 3. The summed E-state index contributed by atoms with van der Waals surface area (Å²) in [7, 11) is 0. The molecule has 0 radical (unpaired) electrons. The normalized spacial score (nSPS) is 17.4. The molecule has 0 bridgehead atoms. The molecule has 1 aliphatic carbocycles. The van der Waals surface area contributed by atoms with Crippen molar-refractivity contribution in [2.45, 2.75) is 18.3 Å². The monoisotopic (exact) mass is 212 g/mol. The quantitative estimate of drug-likeness (QED) is 0.646. The van der Waals surface area contributed by atoms with Gasteiger partial charge in [0, 0.05) is 11.6 Å². The van der Waals surface area contributed by atoms with Gasteiger partial charge in [0.2, 0.25) is 0 Å². The number of phenols is 2. The van der Waals surface area contributed by atoms with Gasteiger partial charge >= 0.3 is 5.97 Å². The molecule has 1 saturated carbocycles. The van der Waals surface area contributed by atoms with Gasteiger partial charge in [0.15, 0.2) is 11.6 Å². The highest BCUT2D eigenvalue weighted by Gasteiger charge is 2.53. The topological polar surface area (TPSA) is 77.8 Å². The summed E-state index contributed by atoms with van der Waals surface area (Å²) in [6.45, 7) is 0. The van der Waals surface area contributed by atoms with Gasteiger partial charge in [-0.2, -0.15) is 0 Å². The Morgan fingerprint density at radius 1 is 1.27 bits per heavy atom. The predicted molar refractivity (Wildman–Crippen MR) is 48.3 cm³/mol. The van der Waals surface area contributed by atoms with E-state index in [0.717, 1.165) is 12.1 Å². The highest BCUT2D eigenvalue weighted by molar-refractivity contribution is 5.86. The molecule has 0 spiro atoms. The fraction of sp³-hybridized carbons (Fsp3) is 0.300. The Labute approximate surface area is 84.6 Å². The van der Waals surface area contributed by atoms with Crippen molar-refractivity contribution in [1.82, 2.24) is 0 Å². The second kappa shape index (κ2) is 2.85. The van der Waals surface area contributed by atoms with Crippen molar-refractivity contribution in [2.75, 3.05) is 0 Å². The second-order valence-electron chi connectivity index (χ2n) is 3.71. The van der Waals surface area contributed by atoms with Crippen molar-refractivity contribution in [3.05, 3.63) is 23.5 Å². The van der Waals surface area contributed by atoms with Crippen LogP contribution in [0.15, 0.2) is 12.1 Å². The van der Waals surface area contributed by atoms with Gasteiger partial charge < -0.3 is 15.3 Å². The molecule has 0 atom stereocenters. The molecule has 0 heterocycles. The summed E-state index contributed by atoms with van der Waals surface area (Å²) < 4.78 is 12.8. The smallest absolute Gasteiger partial charge is 0.314 e. The lowest BCUT2D eigenvalue weighted by molar-refractivity contribution is -0.140. The van der Waals surface area contributed by atoms with Crippen molar-refractivity contribution in [2.24, 2.45) is 0 Å². The van der Waals surface area contributed by atoms with Crippen LogP contribution in [-0.2, 0) is 10.2 Å². The van der Waals surface area contributed by atoms with Crippen molar-refractivity contribution < 1.29 is 24.5 Å². The molecular formula is C10H9FO4. The first-order valence-corrected chi connectivity index (χ1v) is 4.43. The third-order valence-electron chi connectivity index (χ3n) is 2.74. The highest BCUT2D eigenvalue weighted by atomic mass is 19.1. The molecule has 80 valence electrons. The van der Waals surface area contributed by atoms with E-state index >= 15 is 0 Å². The Kier molecular flexibility index (Phi) is 1.86. The fourth-order valence-electron chi connectivity index (χ4n) is 1.66. The van der Waals surface area contributed by atoms with E-state index < -0.39 is 28.7 Å². The molecule has 0 unspecified atom stereocenters. The number of halogens is 1. The maximum Gasteiger partial charge on any atom is 0.314 e. The van der Waals surface area contributed by atoms with E-state index in [1.165, 1.54) is 0 Å². The fourth-order valence-corrected chi connectivity index (χ4v) is 1.66. The third kappa shape index (κ3) is 1.31. The minimum absolute atomic E-state index is 0.0777. The van der Waals surface area contributed by atoms with Crippen LogP contribution in [0.2, 0.25) is 0 Å². The van der Waals surface area contributed by atoms with Crippen LogP contribution in [0, 0.1) is 5.82 Å². The van der Waals surface area contributed by atoms with E-state index in [4.69, 9.17) is 10.2 Å². The molecule has 1 aromatic carbocycles. The maximum atomic E-state index is 12.8. The van der Waals surface area contributed by atoms with Crippen LogP contribution < -0.4 is 0 Å². The van der Waals surface area contributed by atoms with Gasteiger partial charge in [0.1, 0.15) is 5.75 Å². The van der Waals surface area contributed by atoms with Gasteiger partial charge in [-0.05, 0) is 18.9 Å². The SMILES string of the molecule is O=C(O)C1(c2cc(O)c(F)cc2O)CC1. The number of hydrogen-bond donors (Lipinski definition) is 3. The lowest BCUT2D eigenvalue weighted by Gasteiger charge is -2.12. The zero-order valence-corrected chi connectivity index (χ0v) is 7.70. The highest BCUT2D eigenvalue weighted by Crippen LogP contribution is 2.52. The zero-order valence-electron chi connectivity index (χ0n) is 7.70.